The molecule has 1 aliphatic heterocycles. The first-order chi connectivity index (χ1) is 13.7. The molecular formula is C21H27N5O2. The number of rotatable bonds is 8. The second-order valence-electron chi connectivity index (χ2n) is 7.20. The van der Waals surface area contributed by atoms with Crippen LogP contribution in [0.2, 0.25) is 0 Å². The molecule has 148 valence electrons. The van der Waals surface area contributed by atoms with Crippen LogP contribution in [-0.4, -0.2) is 38.8 Å². The van der Waals surface area contributed by atoms with Crippen LogP contribution >= 0.6 is 0 Å². The Morgan fingerprint density at radius 2 is 2.21 bits per heavy atom. The van der Waals surface area contributed by atoms with Crippen molar-refractivity contribution in [1.29, 1.82) is 0 Å². The summed E-state index contributed by atoms with van der Waals surface area (Å²) in [7, 11) is 0. The Hall–Kier alpha value is -2.67. The van der Waals surface area contributed by atoms with Crippen LogP contribution < -0.4 is 5.32 Å². The summed E-state index contributed by atoms with van der Waals surface area (Å²) in [6, 6.07) is 7.94. The van der Waals surface area contributed by atoms with Crippen molar-refractivity contribution < 1.29 is 9.53 Å². The molecule has 0 atom stereocenters. The second kappa shape index (κ2) is 8.56. The Balaban J connectivity index is 1.28. The number of carbonyl (C=O) groups is 1. The average Bonchev–Trinajstić information content (AvgIpc) is 3.28. The molecule has 0 spiro atoms. The Morgan fingerprint density at radius 1 is 1.32 bits per heavy atom. The topological polar surface area (TPSA) is 84.8 Å². The predicted octanol–water partition coefficient (Wildman–Crippen LogP) is 2.53. The molecule has 3 aromatic rings. The van der Waals surface area contributed by atoms with Crippen LogP contribution in [0.1, 0.15) is 42.5 Å². The summed E-state index contributed by atoms with van der Waals surface area (Å²) in [5.41, 5.74) is 5.47. The lowest BCUT2D eigenvalue weighted by atomic mass is 10.1. The maximum absolute atomic E-state index is 12.3. The number of carbonyl (C=O) groups excluding carboxylic acids is 1. The third-order valence-corrected chi connectivity index (χ3v) is 5.13. The van der Waals surface area contributed by atoms with Gasteiger partial charge in [-0.1, -0.05) is 19.1 Å². The molecule has 0 fully saturated rings. The third kappa shape index (κ3) is 4.09. The van der Waals surface area contributed by atoms with Crippen LogP contribution in [0, 0.1) is 0 Å². The second-order valence-corrected chi connectivity index (χ2v) is 7.20. The van der Waals surface area contributed by atoms with E-state index < -0.39 is 0 Å². The molecule has 0 aliphatic carbocycles. The Morgan fingerprint density at radius 3 is 3.07 bits per heavy atom. The monoisotopic (exact) mass is 381 g/mol. The van der Waals surface area contributed by atoms with Gasteiger partial charge in [0.05, 0.1) is 29.9 Å². The standard InChI is InChI=1S/C21H27N5O2/c1-2-12-26-19-10-13-28-14-15(19)16(25-26)7-8-21(27)22-11-9-20-23-17-5-3-4-6-18(17)24-20/h3-6H,2,7-14H2,1H3,(H,22,27)(H,23,24). The van der Waals surface area contributed by atoms with Gasteiger partial charge in [-0.05, 0) is 18.6 Å². The summed E-state index contributed by atoms with van der Waals surface area (Å²) < 4.78 is 7.71. The summed E-state index contributed by atoms with van der Waals surface area (Å²) in [6.45, 7) is 5.02. The number of para-hydroxylation sites is 2. The highest BCUT2D eigenvalue weighted by atomic mass is 16.5. The minimum atomic E-state index is 0.0478. The van der Waals surface area contributed by atoms with E-state index in [1.54, 1.807) is 0 Å². The summed E-state index contributed by atoms with van der Waals surface area (Å²) >= 11 is 0. The molecule has 4 rings (SSSR count). The van der Waals surface area contributed by atoms with Crippen molar-refractivity contribution >= 4 is 16.9 Å². The first-order valence-electron chi connectivity index (χ1n) is 10.1. The zero-order valence-corrected chi connectivity index (χ0v) is 16.3. The summed E-state index contributed by atoms with van der Waals surface area (Å²) in [5, 5.41) is 7.74. The van der Waals surface area contributed by atoms with Crippen molar-refractivity contribution in [3.05, 3.63) is 47.0 Å². The van der Waals surface area contributed by atoms with Crippen LogP contribution in [0.25, 0.3) is 11.0 Å². The third-order valence-electron chi connectivity index (χ3n) is 5.13. The van der Waals surface area contributed by atoms with E-state index in [1.807, 2.05) is 24.3 Å². The zero-order valence-electron chi connectivity index (χ0n) is 16.3. The molecule has 0 unspecified atom stereocenters. The van der Waals surface area contributed by atoms with Gasteiger partial charge in [-0.25, -0.2) is 4.98 Å². The van der Waals surface area contributed by atoms with Crippen molar-refractivity contribution in [2.75, 3.05) is 13.2 Å². The highest BCUT2D eigenvalue weighted by Crippen LogP contribution is 2.22. The van der Waals surface area contributed by atoms with Crippen LogP contribution in [0.3, 0.4) is 0 Å². The van der Waals surface area contributed by atoms with Crippen molar-refractivity contribution in [1.82, 2.24) is 25.1 Å². The van der Waals surface area contributed by atoms with Crippen molar-refractivity contribution in [2.45, 2.75) is 52.2 Å². The van der Waals surface area contributed by atoms with E-state index in [0.717, 1.165) is 48.5 Å². The number of benzene rings is 1. The number of nitrogens with one attached hydrogen (secondary N) is 2. The van der Waals surface area contributed by atoms with Gasteiger partial charge in [0.25, 0.3) is 0 Å². The molecule has 7 nitrogen and oxygen atoms in total. The molecule has 0 saturated heterocycles. The van der Waals surface area contributed by atoms with Crippen LogP contribution in [0.4, 0.5) is 0 Å². The van der Waals surface area contributed by atoms with Gasteiger partial charge >= 0.3 is 0 Å². The number of hydrogen-bond acceptors (Lipinski definition) is 4. The van der Waals surface area contributed by atoms with Gasteiger partial charge in [-0.3, -0.25) is 9.48 Å². The minimum absolute atomic E-state index is 0.0478. The number of ether oxygens (including phenoxy) is 1. The van der Waals surface area contributed by atoms with Crippen LogP contribution in [0.5, 0.6) is 0 Å². The minimum Gasteiger partial charge on any atom is -0.376 e. The Labute approximate surface area is 164 Å². The largest absolute Gasteiger partial charge is 0.376 e. The van der Waals surface area contributed by atoms with E-state index in [4.69, 9.17) is 9.84 Å². The number of aromatic amines is 1. The van der Waals surface area contributed by atoms with Crippen molar-refractivity contribution in [3.8, 4) is 0 Å². The summed E-state index contributed by atoms with van der Waals surface area (Å²) in [4.78, 5) is 20.1. The number of hydrogen-bond donors (Lipinski definition) is 2. The molecule has 1 aromatic carbocycles. The number of imidazole rings is 1. The predicted molar refractivity (Wildman–Crippen MR) is 107 cm³/mol. The van der Waals surface area contributed by atoms with Crippen LogP contribution in [-0.2, 0) is 41.9 Å². The zero-order chi connectivity index (χ0) is 19.3. The first kappa shape index (κ1) is 18.7. The number of amides is 1. The Bertz CT molecular complexity index is 926. The molecule has 0 bridgehead atoms. The van der Waals surface area contributed by atoms with Gasteiger partial charge in [0, 0.05) is 50.0 Å². The molecule has 2 N–H and O–H groups in total. The van der Waals surface area contributed by atoms with Crippen molar-refractivity contribution in [3.63, 3.8) is 0 Å². The van der Waals surface area contributed by atoms with E-state index in [1.165, 1.54) is 11.3 Å². The fourth-order valence-electron chi connectivity index (χ4n) is 3.74. The fourth-order valence-corrected chi connectivity index (χ4v) is 3.74. The highest BCUT2D eigenvalue weighted by Gasteiger charge is 2.21. The summed E-state index contributed by atoms with van der Waals surface area (Å²) in [6.07, 6.45) is 3.74. The van der Waals surface area contributed by atoms with E-state index in [9.17, 15) is 4.79 Å². The van der Waals surface area contributed by atoms with E-state index in [0.29, 0.717) is 32.4 Å². The number of nitrogens with zero attached hydrogens (tertiary/aromatic N) is 3. The van der Waals surface area contributed by atoms with Gasteiger partial charge in [0.15, 0.2) is 0 Å². The highest BCUT2D eigenvalue weighted by molar-refractivity contribution is 5.76. The maximum atomic E-state index is 12.3. The van der Waals surface area contributed by atoms with Gasteiger partial charge in [0.2, 0.25) is 5.91 Å². The number of fused-ring (bicyclic) bond motifs is 2. The number of aromatic nitrogens is 4. The van der Waals surface area contributed by atoms with Gasteiger partial charge in [0.1, 0.15) is 5.82 Å². The quantitative estimate of drug-likeness (QED) is 0.628. The molecular weight excluding hydrogens is 354 g/mol. The van der Waals surface area contributed by atoms with E-state index >= 15 is 0 Å². The first-order valence-corrected chi connectivity index (χ1v) is 10.1. The summed E-state index contributed by atoms with van der Waals surface area (Å²) in [5.74, 6) is 0.942. The van der Waals surface area contributed by atoms with Gasteiger partial charge in [-0.2, -0.15) is 5.10 Å². The Kier molecular flexibility index (Phi) is 5.71. The fraction of sp³-hybridized carbons (Fsp3) is 0.476. The molecule has 7 heteroatoms. The van der Waals surface area contributed by atoms with Gasteiger partial charge in [-0.15, -0.1) is 0 Å². The normalized spacial score (nSPS) is 13.6. The lowest BCUT2D eigenvalue weighted by Crippen LogP contribution is -2.26. The molecule has 28 heavy (non-hydrogen) atoms. The molecule has 0 radical (unpaired) electrons. The molecule has 1 amide bonds. The smallest absolute Gasteiger partial charge is 0.220 e. The van der Waals surface area contributed by atoms with E-state index in [-0.39, 0.29) is 5.91 Å². The number of aryl methyl sites for hydroxylation is 2. The molecule has 1 aliphatic rings. The number of H-pyrrole nitrogens is 1. The molecule has 0 saturated carbocycles. The van der Waals surface area contributed by atoms with Crippen LogP contribution in [0.15, 0.2) is 24.3 Å². The van der Waals surface area contributed by atoms with Gasteiger partial charge < -0.3 is 15.0 Å². The van der Waals surface area contributed by atoms with Crippen molar-refractivity contribution in [2.24, 2.45) is 0 Å². The lowest BCUT2D eigenvalue weighted by molar-refractivity contribution is -0.121. The SMILES string of the molecule is CCCn1nc(CCC(=O)NCCc2nc3ccccc3[nH]2)c2c1CCOC2. The lowest BCUT2D eigenvalue weighted by Gasteiger charge is -2.14. The molecule has 3 heterocycles. The average molecular weight is 381 g/mol. The molecule has 2 aromatic heterocycles. The maximum Gasteiger partial charge on any atom is 0.220 e. The van der Waals surface area contributed by atoms with E-state index in [2.05, 4.69) is 26.9 Å².